The molecule has 0 saturated carbocycles. The van der Waals surface area contributed by atoms with Gasteiger partial charge in [0.2, 0.25) is 0 Å². The minimum absolute atomic E-state index is 0.222. The molecule has 0 spiro atoms. The molecule has 6 nitrogen and oxygen atoms in total. The van der Waals surface area contributed by atoms with Crippen molar-refractivity contribution in [1.82, 2.24) is 9.78 Å². The van der Waals surface area contributed by atoms with Crippen molar-refractivity contribution in [3.05, 3.63) is 106 Å². The SMILES string of the molecule is COc1ccc(C(=O)Nc2c(C)nn(Cc3ccc(F)cc3)c2C)cc1COc1ccc(Cl)cc1. The number of benzene rings is 3. The molecule has 4 aromatic rings. The van der Waals surface area contributed by atoms with Gasteiger partial charge in [-0.05, 0) is 74.0 Å². The van der Waals surface area contributed by atoms with Gasteiger partial charge >= 0.3 is 0 Å². The number of ether oxygens (including phenoxy) is 2. The molecule has 0 atom stereocenters. The maximum atomic E-state index is 13.2. The van der Waals surface area contributed by atoms with Gasteiger partial charge in [0, 0.05) is 16.1 Å². The molecule has 180 valence electrons. The van der Waals surface area contributed by atoms with Gasteiger partial charge in [0.15, 0.2) is 0 Å². The fourth-order valence-electron chi connectivity index (χ4n) is 3.70. The zero-order valence-electron chi connectivity index (χ0n) is 19.6. The summed E-state index contributed by atoms with van der Waals surface area (Å²) in [5, 5.41) is 8.15. The van der Waals surface area contributed by atoms with Crippen LogP contribution in [0.25, 0.3) is 0 Å². The smallest absolute Gasteiger partial charge is 0.255 e. The molecule has 1 N–H and O–H groups in total. The van der Waals surface area contributed by atoms with Gasteiger partial charge in [0.05, 0.1) is 30.7 Å². The highest BCUT2D eigenvalue weighted by Gasteiger charge is 2.17. The fraction of sp³-hybridized carbons (Fsp3) is 0.185. The summed E-state index contributed by atoms with van der Waals surface area (Å²) >= 11 is 5.93. The summed E-state index contributed by atoms with van der Waals surface area (Å²) in [4.78, 5) is 13.1. The standard InChI is InChI=1S/C27H25ClFN3O3/c1-17-26(18(2)32(31-17)15-19-4-9-23(29)10-5-19)30-27(33)20-6-13-25(34-3)21(14-20)16-35-24-11-7-22(28)8-12-24/h4-14H,15-16H2,1-3H3,(H,30,33). The second-order valence-electron chi connectivity index (χ2n) is 8.05. The Bertz CT molecular complexity index is 1340. The van der Waals surface area contributed by atoms with E-state index < -0.39 is 0 Å². The molecule has 1 aromatic heterocycles. The molecule has 0 fully saturated rings. The Hall–Kier alpha value is -3.84. The second kappa shape index (κ2) is 10.6. The van der Waals surface area contributed by atoms with Crippen molar-refractivity contribution in [3.8, 4) is 11.5 Å². The zero-order chi connectivity index (χ0) is 24.9. The maximum Gasteiger partial charge on any atom is 0.255 e. The molecule has 0 aliphatic rings. The van der Waals surface area contributed by atoms with E-state index >= 15 is 0 Å². The second-order valence-corrected chi connectivity index (χ2v) is 8.49. The van der Waals surface area contributed by atoms with E-state index in [1.54, 1.807) is 66.4 Å². The lowest BCUT2D eigenvalue weighted by Gasteiger charge is -2.13. The third-order valence-corrected chi connectivity index (χ3v) is 5.87. The average Bonchev–Trinajstić information content (AvgIpc) is 3.12. The van der Waals surface area contributed by atoms with Crippen molar-refractivity contribution in [1.29, 1.82) is 0 Å². The Morgan fingerprint density at radius 3 is 2.46 bits per heavy atom. The van der Waals surface area contributed by atoms with E-state index in [0.29, 0.717) is 40.0 Å². The number of aromatic nitrogens is 2. The third kappa shape index (κ3) is 5.81. The molecule has 0 aliphatic carbocycles. The normalized spacial score (nSPS) is 10.8. The van der Waals surface area contributed by atoms with Crippen molar-refractivity contribution in [2.45, 2.75) is 27.0 Å². The molecule has 4 rings (SSSR count). The number of anilines is 1. The number of methoxy groups -OCH3 is 1. The lowest BCUT2D eigenvalue weighted by atomic mass is 10.1. The summed E-state index contributed by atoms with van der Waals surface area (Å²) in [6.07, 6.45) is 0. The number of amides is 1. The molecule has 0 aliphatic heterocycles. The first-order valence-corrected chi connectivity index (χ1v) is 11.4. The molecule has 0 bridgehead atoms. The number of hydrogen-bond acceptors (Lipinski definition) is 4. The van der Waals surface area contributed by atoms with Crippen molar-refractivity contribution in [2.24, 2.45) is 0 Å². The largest absolute Gasteiger partial charge is 0.496 e. The first kappa shape index (κ1) is 24.3. The highest BCUT2D eigenvalue weighted by Crippen LogP contribution is 2.25. The van der Waals surface area contributed by atoms with Crippen LogP contribution in [0.5, 0.6) is 11.5 Å². The number of hydrogen-bond donors (Lipinski definition) is 1. The lowest BCUT2D eigenvalue weighted by molar-refractivity contribution is 0.102. The monoisotopic (exact) mass is 493 g/mol. The van der Waals surface area contributed by atoms with E-state index in [9.17, 15) is 9.18 Å². The quantitative estimate of drug-likeness (QED) is 0.318. The van der Waals surface area contributed by atoms with Crippen LogP contribution in [-0.2, 0) is 13.2 Å². The first-order valence-electron chi connectivity index (χ1n) is 11.0. The summed E-state index contributed by atoms with van der Waals surface area (Å²) in [5.41, 5.74) is 4.25. The van der Waals surface area contributed by atoms with E-state index in [4.69, 9.17) is 21.1 Å². The molecule has 35 heavy (non-hydrogen) atoms. The molecule has 0 radical (unpaired) electrons. The van der Waals surface area contributed by atoms with E-state index in [2.05, 4.69) is 10.4 Å². The van der Waals surface area contributed by atoms with Gasteiger partial charge in [-0.1, -0.05) is 23.7 Å². The van der Waals surface area contributed by atoms with Gasteiger partial charge in [0.1, 0.15) is 23.9 Å². The minimum atomic E-state index is -0.285. The maximum absolute atomic E-state index is 13.2. The molecule has 0 unspecified atom stereocenters. The van der Waals surface area contributed by atoms with Gasteiger partial charge in [-0.15, -0.1) is 0 Å². The van der Waals surface area contributed by atoms with Crippen LogP contribution >= 0.6 is 11.6 Å². The predicted octanol–water partition coefficient (Wildman–Crippen LogP) is 6.18. The lowest BCUT2D eigenvalue weighted by Crippen LogP contribution is -2.14. The highest BCUT2D eigenvalue weighted by atomic mass is 35.5. The van der Waals surface area contributed by atoms with E-state index in [1.165, 1.54) is 12.1 Å². The van der Waals surface area contributed by atoms with Crippen LogP contribution in [0.1, 0.15) is 32.9 Å². The number of nitrogens with zero attached hydrogens (tertiary/aromatic N) is 2. The van der Waals surface area contributed by atoms with Gasteiger partial charge in [-0.25, -0.2) is 4.39 Å². The number of nitrogens with one attached hydrogen (secondary N) is 1. The van der Waals surface area contributed by atoms with Gasteiger partial charge < -0.3 is 14.8 Å². The van der Waals surface area contributed by atoms with Crippen LogP contribution < -0.4 is 14.8 Å². The van der Waals surface area contributed by atoms with Gasteiger partial charge in [-0.2, -0.15) is 5.10 Å². The Morgan fingerprint density at radius 1 is 1.06 bits per heavy atom. The third-order valence-electron chi connectivity index (χ3n) is 5.62. The summed E-state index contributed by atoms with van der Waals surface area (Å²) in [7, 11) is 1.57. The van der Waals surface area contributed by atoms with E-state index in [1.807, 2.05) is 13.8 Å². The van der Waals surface area contributed by atoms with Crippen LogP contribution in [0.15, 0.2) is 66.7 Å². The summed E-state index contributed by atoms with van der Waals surface area (Å²) < 4.78 is 26.3. The molecule has 1 heterocycles. The van der Waals surface area contributed by atoms with E-state index in [0.717, 1.165) is 16.8 Å². The Morgan fingerprint density at radius 2 is 1.77 bits per heavy atom. The molecule has 0 saturated heterocycles. The van der Waals surface area contributed by atoms with E-state index in [-0.39, 0.29) is 18.3 Å². The first-order chi connectivity index (χ1) is 16.8. The Kier molecular flexibility index (Phi) is 7.36. The minimum Gasteiger partial charge on any atom is -0.496 e. The fourth-order valence-corrected chi connectivity index (χ4v) is 3.83. The molecule has 1 amide bonds. The summed E-state index contributed by atoms with van der Waals surface area (Å²) in [6.45, 7) is 4.42. The topological polar surface area (TPSA) is 65.4 Å². The van der Waals surface area contributed by atoms with Crippen molar-refractivity contribution in [2.75, 3.05) is 12.4 Å². The van der Waals surface area contributed by atoms with Gasteiger partial charge in [-0.3, -0.25) is 9.48 Å². The van der Waals surface area contributed by atoms with Crippen LogP contribution in [0, 0.1) is 19.7 Å². The molecular weight excluding hydrogens is 469 g/mol. The number of rotatable bonds is 8. The Balaban J connectivity index is 1.50. The van der Waals surface area contributed by atoms with Crippen LogP contribution in [0.2, 0.25) is 5.02 Å². The van der Waals surface area contributed by atoms with Crippen LogP contribution in [0.4, 0.5) is 10.1 Å². The number of carbonyl (C=O) groups is 1. The zero-order valence-corrected chi connectivity index (χ0v) is 20.4. The molecule has 8 heteroatoms. The van der Waals surface area contributed by atoms with Crippen LogP contribution in [0.3, 0.4) is 0 Å². The molecule has 3 aromatic carbocycles. The van der Waals surface area contributed by atoms with Crippen molar-refractivity contribution in [3.63, 3.8) is 0 Å². The van der Waals surface area contributed by atoms with Crippen LogP contribution in [-0.4, -0.2) is 22.8 Å². The summed E-state index contributed by atoms with van der Waals surface area (Å²) in [5.74, 6) is 0.724. The number of carbonyl (C=O) groups excluding carboxylic acids is 1. The van der Waals surface area contributed by atoms with Crippen molar-refractivity contribution >= 4 is 23.2 Å². The number of halogens is 2. The number of aryl methyl sites for hydroxylation is 1. The summed E-state index contributed by atoms with van der Waals surface area (Å²) in [6, 6.07) is 18.5. The van der Waals surface area contributed by atoms with Gasteiger partial charge in [0.25, 0.3) is 5.91 Å². The predicted molar refractivity (Wildman–Crippen MR) is 134 cm³/mol. The highest BCUT2D eigenvalue weighted by molar-refractivity contribution is 6.30. The van der Waals surface area contributed by atoms with Crippen molar-refractivity contribution < 1.29 is 18.7 Å². The Labute approximate surface area is 208 Å². The molecular formula is C27H25ClFN3O3. The average molecular weight is 494 g/mol.